The van der Waals surface area contributed by atoms with Gasteiger partial charge in [-0.25, -0.2) is 8.42 Å². The zero-order chi connectivity index (χ0) is 19.1. The number of esters is 1. The van der Waals surface area contributed by atoms with Gasteiger partial charge in [0.1, 0.15) is 0 Å². The molecule has 1 aliphatic heterocycles. The van der Waals surface area contributed by atoms with Gasteiger partial charge in [-0.05, 0) is 19.8 Å². The van der Waals surface area contributed by atoms with Crippen molar-refractivity contribution in [3.63, 3.8) is 0 Å². The molecule has 1 heterocycles. The Balaban J connectivity index is 0.00000625. The molecule has 1 aliphatic rings. The second-order valence-corrected chi connectivity index (χ2v) is 7.28. The lowest BCUT2D eigenvalue weighted by molar-refractivity contribution is -0.140. The SMILES string of the molecule is CCNC(=NCCC(=O)OC)NC1CCN(S(=O)(=O)C(F)(F)F)CC1.I. The number of nitrogens with one attached hydrogen (secondary N) is 2. The Labute approximate surface area is 168 Å². The third-order valence-corrected chi connectivity index (χ3v) is 5.21. The summed E-state index contributed by atoms with van der Waals surface area (Å²) in [5, 5.41) is 6.01. The van der Waals surface area contributed by atoms with Crippen LogP contribution in [0.25, 0.3) is 0 Å². The maximum atomic E-state index is 12.5. The van der Waals surface area contributed by atoms with Crippen molar-refractivity contribution >= 4 is 45.9 Å². The molecule has 0 aromatic heterocycles. The molecule has 0 unspecified atom stereocenters. The van der Waals surface area contributed by atoms with Crippen LogP contribution in [0.1, 0.15) is 26.2 Å². The highest BCUT2D eigenvalue weighted by atomic mass is 127. The molecule has 1 saturated heterocycles. The van der Waals surface area contributed by atoms with Gasteiger partial charge in [0.05, 0.1) is 20.1 Å². The summed E-state index contributed by atoms with van der Waals surface area (Å²) >= 11 is 0. The van der Waals surface area contributed by atoms with Crippen molar-refractivity contribution in [2.24, 2.45) is 4.99 Å². The molecule has 0 bridgehead atoms. The minimum Gasteiger partial charge on any atom is -0.469 e. The summed E-state index contributed by atoms with van der Waals surface area (Å²) in [6.07, 6.45) is 0.544. The van der Waals surface area contributed by atoms with E-state index in [0.29, 0.717) is 16.8 Å². The first-order valence-corrected chi connectivity index (χ1v) is 9.24. The van der Waals surface area contributed by atoms with Crippen molar-refractivity contribution in [3.8, 4) is 0 Å². The van der Waals surface area contributed by atoms with Crippen LogP contribution in [0.4, 0.5) is 13.2 Å². The van der Waals surface area contributed by atoms with Gasteiger partial charge in [0, 0.05) is 25.7 Å². The molecule has 2 N–H and O–H groups in total. The topological polar surface area (TPSA) is 100 Å². The van der Waals surface area contributed by atoms with Gasteiger partial charge in [0.15, 0.2) is 5.96 Å². The van der Waals surface area contributed by atoms with Gasteiger partial charge < -0.3 is 15.4 Å². The summed E-state index contributed by atoms with van der Waals surface area (Å²) in [5.74, 6) is 0.0220. The maximum absolute atomic E-state index is 12.5. The van der Waals surface area contributed by atoms with Crippen molar-refractivity contribution in [1.82, 2.24) is 14.9 Å². The molecule has 1 rings (SSSR count). The van der Waals surface area contributed by atoms with E-state index < -0.39 is 21.5 Å². The predicted molar refractivity (Wildman–Crippen MR) is 101 cm³/mol. The lowest BCUT2D eigenvalue weighted by atomic mass is 10.1. The number of aliphatic imine (C=N–C) groups is 1. The third kappa shape index (κ3) is 7.42. The van der Waals surface area contributed by atoms with Crippen LogP contribution in [0.3, 0.4) is 0 Å². The molecule has 0 saturated carbocycles. The van der Waals surface area contributed by atoms with Crippen molar-refractivity contribution in [2.75, 3.05) is 33.3 Å². The minimum atomic E-state index is -5.28. The molecule has 8 nitrogen and oxygen atoms in total. The lowest BCUT2D eigenvalue weighted by Gasteiger charge is -2.32. The van der Waals surface area contributed by atoms with Crippen LogP contribution >= 0.6 is 24.0 Å². The number of alkyl halides is 3. The molecule has 154 valence electrons. The number of halogens is 4. The number of ether oxygens (including phenoxy) is 1. The summed E-state index contributed by atoms with van der Waals surface area (Å²) < 4.78 is 65.3. The number of methoxy groups -OCH3 is 1. The number of piperidine rings is 1. The van der Waals surface area contributed by atoms with Crippen molar-refractivity contribution in [3.05, 3.63) is 0 Å². The molecule has 0 atom stereocenters. The Morgan fingerprint density at radius 3 is 2.35 bits per heavy atom. The van der Waals surface area contributed by atoms with Gasteiger partial charge in [-0.2, -0.15) is 17.5 Å². The third-order valence-electron chi connectivity index (χ3n) is 3.58. The zero-order valence-electron chi connectivity index (χ0n) is 14.5. The standard InChI is InChI=1S/C13H23F3N4O4S.HI/c1-3-17-12(18-7-4-11(21)24-2)19-10-5-8-20(9-6-10)25(22,23)13(14,15)16;/h10H,3-9H2,1-2H3,(H2,17,18,19);1H. The van der Waals surface area contributed by atoms with Gasteiger partial charge in [-0.15, -0.1) is 24.0 Å². The smallest absolute Gasteiger partial charge is 0.469 e. The highest BCUT2D eigenvalue weighted by Gasteiger charge is 2.50. The molecule has 0 aromatic carbocycles. The number of guanidine groups is 1. The van der Waals surface area contributed by atoms with Gasteiger partial charge in [-0.3, -0.25) is 9.79 Å². The van der Waals surface area contributed by atoms with Crippen LogP contribution < -0.4 is 10.6 Å². The van der Waals surface area contributed by atoms with E-state index in [4.69, 9.17) is 0 Å². The monoisotopic (exact) mass is 516 g/mol. The van der Waals surface area contributed by atoms with E-state index in [2.05, 4.69) is 20.4 Å². The maximum Gasteiger partial charge on any atom is 0.511 e. The number of hydrogen-bond donors (Lipinski definition) is 2. The Hall–Kier alpha value is -0.830. The fraction of sp³-hybridized carbons (Fsp3) is 0.846. The van der Waals surface area contributed by atoms with E-state index in [0.717, 1.165) is 0 Å². The van der Waals surface area contributed by atoms with Gasteiger partial charge in [0.2, 0.25) is 0 Å². The van der Waals surface area contributed by atoms with Crippen molar-refractivity contribution in [1.29, 1.82) is 0 Å². The second-order valence-electron chi connectivity index (χ2n) is 5.36. The molecule has 0 spiro atoms. The number of hydrogen-bond acceptors (Lipinski definition) is 5. The summed E-state index contributed by atoms with van der Waals surface area (Å²) in [6.45, 7) is 2.16. The Morgan fingerprint density at radius 1 is 1.31 bits per heavy atom. The summed E-state index contributed by atoms with van der Waals surface area (Å²) in [4.78, 5) is 15.2. The van der Waals surface area contributed by atoms with E-state index in [1.54, 1.807) is 0 Å². The molecule has 13 heteroatoms. The molecule has 0 radical (unpaired) electrons. The van der Waals surface area contributed by atoms with E-state index >= 15 is 0 Å². The van der Waals surface area contributed by atoms with Crippen LogP contribution in [0.5, 0.6) is 0 Å². The predicted octanol–water partition coefficient (Wildman–Crippen LogP) is 1.04. The van der Waals surface area contributed by atoms with E-state index in [1.807, 2.05) is 6.92 Å². The fourth-order valence-corrected chi connectivity index (χ4v) is 3.25. The first kappa shape index (κ1) is 25.2. The quantitative estimate of drug-likeness (QED) is 0.237. The number of sulfonamides is 1. The average molecular weight is 516 g/mol. The highest BCUT2D eigenvalue weighted by Crippen LogP contribution is 2.28. The van der Waals surface area contributed by atoms with Crippen LogP contribution in [0, 0.1) is 0 Å². The first-order valence-electron chi connectivity index (χ1n) is 7.80. The summed E-state index contributed by atoms with van der Waals surface area (Å²) in [7, 11) is -4.00. The van der Waals surface area contributed by atoms with Crippen LogP contribution in [-0.2, 0) is 19.6 Å². The number of nitrogens with zero attached hydrogens (tertiary/aromatic N) is 2. The van der Waals surface area contributed by atoms with Crippen LogP contribution in [0.2, 0.25) is 0 Å². The average Bonchev–Trinajstić information content (AvgIpc) is 2.54. The molecular weight excluding hydrogens is 492 g/mol. The Kier molecular flexibility index (Phi) is 10.8. The molecule has 0 amide bonds. The normalized spacial score (nSPS) is 17.3. The highest BCUT2D eigenvalue weighted by molar-refractivity contribution is 14.0. The molecule has 0 aliphatic carbocycles. The van der Waals surface area contributed by atoms with E-state index in [1.165, 1.54) is 7.11 Å². The van der Waals surface area contributed by atoms with E-state index in [-0.39, 0.29) is 68.9 Å². The summed E-state index contributed by atoms with van der Waals surface area (Å²) in [6, 6.07) is -0.212. The van der Waals surface area contributed by atoms with Crippen molar-refractivity contribution in [2.45, 2.75) is 37.7 Å². The van der Waals surface area contributed by atoms with Gasteiger partial charge in [0.25, 0.3) is 0 Å². The number of carbonyl (C=O) groups excluding carboxylic acids is 1. The minimum absolute atomic E-state index is 0. The second kappa shape index (κ2) is 11.1. The van der Waals surface area contributed by atoms with Gasteiger partial charge in [-0.1, -0.05) is 0 Å². The van der Waals surface area contributed by atoms with Crippen LogP contribution in [0.15, 0.2) is 4.99 Å². The Bertz CT molecular complexity index is 578. The van der Waals surface area contributed by atoms with Crippen LogP contribution in [-0.4, -0.2) is 69.5 Å². The Morgan fingerprint density at radius 2 is 1.88 bits per heavy atom. The number of rotatable bonds is 6. The molecular formula is C13H24F3IN4O4S. The van der Waals surface area contributed by atoms with Gasteiger partial charge >= 0.3 is 21.5 Å². The molecule has 26 heavy (non-hydrogen) atoms. The largest absolute Gasteiger partial charge is 0.511 e. The number of carbonyl (C=O) groups is 1. The molecule has 1 fully saturated rings. The van der Waals surface area contributed by atoms with E-state index in [9.17, 15) is 26.4 Å². The zero-order valence-corrected chi connectivity index (χ0v) is 17.7. The first-order chi connectivity index (χ1) is 11.6. The lowest BCUT2D eigenvalue weighted by Crippen LogP contribution is -2.51. The summed E-state index contributed by atoms with van der Waals surface area (Å²) in [5.41, 5.74) is -5.28. The molecule has 0 aromatic rings. The van der Waals surface area contributed by atoms with Crippen molar-refractivity contribution < 1.29 is 31.1 Å². The fourth-order valence-electron chi connectivity index (χ4n) is 2.26.